The zero-order chi connectivity index (χ0) is 22.3. The molecule has 0 bridgehead atoms. The smallest absolute Gasteiger partial charge is 0.257 e. The van der Waals surface area contributed by atoms with Crippen molar-refractivity contribution >= 4 is 11.8 Å². The minimum Gasteiger partial charge on any atom is -0.493 e. The summed E-state index contributed by atoms with van der Waals surface area (Å²) in [5.74, 6) is 1.75. The van der Waals surface area contributed by atoms with Gasteiger partial charge in [-0.25, -0.2) is 0 Å². The van der Waals surface area contributed by atoms with Crippen LogP contribution < -0.4 is 9.47 Å². The van der Waals surface area contributed by atoms with Gasteiger partial charge in [-0.05, 0) is 62.8 Å². The molecule has 2 heterocycles. The predicted molar refractivity (Wildman–Crippen MR) is 123 cm³/mol. The maximum atomic E-state index is 13.0. The fourth-order valence-corrected chi connectivity index (χ4v) is 4.47. The zero-order valence-corrected chi connectivity index (χ0v) is 18.8. The lowest BCUT2D eigenvalue weighted by atomic mass is 9.97. The third kappa shape index (κ3) is 5.06. The second-order valence-corrected chi connectivity index (χ2v) is 8.47. The summed E-state index contributed by atoms with van der Waals surface area (Å²) in [6.45, 7) is 6.05. The molecule has 2 aliphatic heterocycles. The van der Waals surface area contributed by atoms with Crippen molar-refractivity contribution in [2.24, 2.45) is 5.92 Å². The van der Waals surface area contributed by atoms with Gasteiger partial charge in [0.15, 0.2) is 0 Å². The Morgan fingerprint density at radius 1 is 0.781 bits per heavy atom. The van der Waals surface area contributed by atoms with Crippen LogP contribution in [0.5, 0.6) is 11.5 Å². The maximum Gasteiger partial charge on any atom is 0.257 e. The first-order valence-corrected chi connectivity index (χ1v) is 11.7. The van der Waals surface area contributed by atoms with Gasteiger partial charge in [-0.15, -0.1) is 0 Å². The van der Waals surface area contributed by atoms with E-state index in [4.69, 9.17) is 9.47 Å². The highest BCUT2D eigenvalue weighted by molar-refractivity contribution is 5.97. The van der Waals surface area contributed by atoms with E-state index in [-0.39, 0.29) is 11.8 Å². The Morgan fingerprint density at radius 2 is 1.28 bits per heavy atom. The number of likely N-dealkylation sites (tertiary alicyclic amines) is 2. The Kier molecular flexibility index (Phi) is 7.30. The Bertz CT molecular complexity index is 931. The highest BCUT2D eigenvalue weighted by atomic mass is 16.5. The van der Waals surface area contributed by atoms with Gasteiger partial charge < -0.3 is 19.3 Å². The van der Waals surface area contributed by atoms with Crippen LogP contribution in [0.1, 0.15) is 53.3 Å². The number of hydrogen-bond donors (Lipinski definition) is 0. The lowest BCUT2D eigenvalue weighted by molar-refractivity contribution is 0.0653. The molecular weight excluding hydrogens is 404 g/mol. The summed E-state index contributed by atoms with van der Waals surface area (Å²) in [6, 6.07) is 15.0. The lowest BCUT2D eigenvalue weighted by Gasteiger charge is -2.32. The number of benzene rings is 2. The van der Waals surface area contributed by atoms with Gasteiger partial charge in [-0.1, -0.05) is 24.3 Å². The average molecular weight is 437 g/mol. The van der Waals surface area contributed by atoms with Crippen molar-refractivity contribution in [3.8, 4) is 11.5 Å². The molecule has 170 valence electrons. The summed E-state index contributed by atoms with van der Waals surface area (Å²) in [7, 11) is 0. The van der Waals surface area contributed by atoms with Crippen molar-refractivity contribution in [3.63, 3.8) is 0 Å². The molecule has 6 nitrogen and oxygen atoms in total. The van der Waals surface area contributed by atoms with E-state index < -0.39 is 0 Å². The number of amides is 2. The molecule has 2 aliphatic rings. The van der Waals surface area contributed by atoms with Crippen molar-refractivity contribution in [1.82, 2.24) is 9.80 Å². The molecule has 0 spiro atoms. The van der Waals surface area contributed by atoms with Crippen LogP contribution in [0.3, 0.4) is 0 Å². The molecule has 2 saturated heterocycles. The summed E-state index contributed by atoms with van der Waals surface area (Å²) in [4.78, 5) is 29.6. The number of piperidine rings is 1. The molecule has 4 rings (SSSR count). The first kappa shape index (κ1) is 22.2. The molecule has 2 fully saturated rings. The summed E-state index contributed by atoms with van der Waals surface area (Å²) in [6.07, 6.45) is 3.90. The van der Waals surface area contributed by atoms with Crippen molar-refractivity contribution in [2.75, 3.05) is 39.4 Å². The monoisotopic (exact) mass is 436 g/mol. The van der Waals surface area contributed by atoms with E-state index in [1.165, 1.54) is 0 Å². The quantitative estimate of drug-likeness (QED) is 0.651. The Labute approximate surface area is 190 Å². The van der Waals surface area contributed by atoms with Gasteiger partial charge in [0, 0.05) is 26.2 Å². The minimum absolute atomic E-state index is 0.0231. The standard InChI is InChI=1S/C26H32N2O4/c1-2-31-23-11-5-3-9-21(23)26(30)28-17-13-20(14-18-28)19-32-24-12-6-4-10-22(24)25(29)27-15-7-8-16-27/h3-6,9-12,20H,2,7-8,13-19H2,1H3. The fourth-order valence-electron chi connectivity index (χ4n) is 4.47. The van der Waals surface area contributed by atoms with Crippen LogP contribution in [0.25, 0.3) is 0 Å². The molecule has 0 aliphatic carbocycles. The van der Waals surface area contributed by atoms with Crippen molar-refractivity contribution in [3.05, 3.63) is 59.7 Å². The summed E-state index contributed by atoms with van der Waals surface area (Å²) in [5.41, 5.74) is 1.27. The number of hydrogen-bond acceptors (Lipinski definition) is 4. The number of carbonyl (C=O) groups excluding carboxylic acids is 2. The van der Waals surface area contributed by atoms with Crippen LogP contribution in [-0.2, 0) is 0 Å². The average Bonchev–Trinajstić information content (AvgIpc) is 3.38. The Balaban J connectivity index is 1.32. The van der Waals surface area contributed by atoms with E-state index in [1.54, 1.807) is 0 Å². The van der Waals surface area contributed by atoms with Crippen LogP contribution >= 0.6 is 0 Å². The van der Waals surface area contributed by atoms with E-state index in [1.807, 2.05) is 65.3 Å². The topological polar surface area (TPSA) is 59.1 Å². The van der Waals surface area contributed by atoms with Gasteiger partial charge >= 0.3 is 0 Å². The minimum atomic E-state index is 0.0231. The van der Waals surface area contributed by atoms with Gasteiger partial charge in [0.05, 0.1) is 24.3 Å². The molecule has 0 N–H and O–H groups in total. The molecule has 0 saturated carbocycles. The largest absolute Gasteiger partial charge is 0.493 e. The van der Waals surface area contributed by atoms with Crippen LogP contribution in [0, 0.1) is 5.92 Å². The maximum absolute atomic E-state index is 13.0. The molecule has 32 heavy (non-hydrogen) atoms. The Morgan fingerprint density at radius 3 is 1.84 bits per heavy atom. The molecule has 0 atom stereocenters. The molecular formula is C26H32N2O4. The van der Waals surface area contributed by atoms with Crippen LogP contribution in [-0.4, -0.2) is 61.0 Å². The summed E-state index contributed by atoms with van der Waals surface area (Å²) < 4.78 is 11.7. The number of rotatable bonds is 7. The van der Waals surface area contributed by atoms with Crippen LogP contribution in [0.15, 0.2) is 48.5 Å². The summed E-state index contributed by atoms with van der Waals surface area (Å²) in [5, 5.41) is 0. The normalized spacial score (nSPS) is 16.8. The highest BCUT2D eigenvalue weighted by Gasteiger charge is 2.27. The second-order valence-electron chi connectivity index (χ2n) is 8.47. The first-order valence-electron chi connectivity index (χ1n) is 11.7. The molecule has 2 aromatic rings. The van der Waals surface area contributed by atoms with Crippen LogP contribution in [0.2, 0.25) is 0 Å². The van der Waals surface area contributed by atoms with Crippen molar-refractivity contribution in [2.45, 2.75) is 32.6 Å². The molecule has 0 unspecified atom stereocenters. The van der Waals surface area contributed by atoms with Gasteiger partial charge in [-0.3, -0.25) is 9.59 Å². The third-order valence-corrected chi connectivity index (χ3v) is 6.30. The van der Waals surface area contributed by atoms with Gasteiger partial charge in [0.25, 0.3) is 11.8 Å². The zero-order valence-electron chi connectivity index (χ0n) is 18.8. The second kappa shape index (κ2) is 10.5. The van der Waals surface area contributed by atoms with E-state index in [2.05, 4.69) is 0 Å². The fraction of sp³-hybridized carbons (Fsp3) is 0.462. The molecule has 6 heteroatoms. The highest BCUT2D eigenvalue weighted by Crippen LogP contribution is 2.26. The number of nitrogens with zero attached hydrogens (tertiary/aromatic N) is 2. The van der Waals surface area contributed by atoms with E-state index in [9.17, 15) is 9.59 Å². The number of ether oxygens (including phenoxy) is 2. The van der Waals surface area contributed by atoms with Gasteiger partial charge in [-0.2, -0.15) is 0 Å². The molecule has 0 aromatic heterocycles. The summed E-state index contributed by atoms with van der Waals surface area (Å²) >= 11 is 0. The predicted octanol–water partition coefficient (Wildman–Crippen LogP) is 4.25. The van der Waals surface area contributed by atoms with Crippen molar-refractivity contribution in [1.29, 1.82) is 0 Å². The Hall–Kier alpha value is -3.02. The van der Waals surface area contributed by atoms with Crippen molar-refractivity contribution < 1.29 is 19.1 Å². The van der Waals surface area contributed by atoms with Crippen LogP contribution in [0.4, 0.5) is 0 Å². The van der Waals surface area contributed by atoms with E-state index in [0.717, 1.165) is 38.8 Å². The van der Waals surface area contributed by atoms with Gasteiger partial charge in [0.2, 0.25) is 0 Å². The SMILES string of the molecule is CCOc1ccccc1C(=O)N1CCC(COc2ccccc2C(=O)N2CCCC2)CC1. The molecule has 2 amide bonds. The van der Waals surface area contributed by atoms with Gasteiger partial charge in [0.1, 0.15) is 11.5 Å². The van der Waals surface area contributed by atoms with E-state index in [0.29, 0.717) is 54.8 Å². The molecule has 2 aromatic carbocycles. The number of para-hydroxylation sites is 2. The lowest BCUT2D eigenvalue weighted by Crippen LogP contribution is -2.40. The van der Waals surface area contributed by atoms with E-state index >= 15 is 0 Å². The number of carbonyl (C=O) groups is 2. The first-order chi connectivity index (χ1) is 15.7. The molecule has 0 radical (unpaired) electrons. The third-order valence-electron chi connectivity index (χ3n) is 6.30.